The number of benzene rings is 1. The Kier molecular flexibility index (Phi) is 5.38. The van der Waals surface area contributed by atoms with Crippen molar-refractivity contribution in [1.82, 2.24) is 15.5 Å². The number of hydrogen-bond donors (Lipinski definition) is 2. The molecule has 5 heteroatoms. The van der Waals surface area contributed by atoms with Crippen LogP contribution in [0.25, 0.3) is 0 Å². The fourth-order valence-corrected chi connectivity index (χ4v) is 2.27. The minimum absolute atomic E-state index is 0.200. The number of piperazine rings is 1. The average molecular weight is 272 g/mol. The van der Waals surface area contributed by atoms with Gasteiger partial charge in [-0.15, -0.1) is 0 Å². The van der Waals surface area contributed by atoms with Crippen LogP contribution in [-0.4, -0.2) is 44.2 Å². The molecule has 3 nitrogen and oxygen atoms in total. The van der Waals surface area contributed by atoms with Crippen LogP contribution >= 0.6 is 11.6 Å². The van der Waals surface area contributed by atoms with E-state index in [0.29, 0.717) is 17.1 Å². The molecule has 18 heavy (non-hydrogen) atoms. The van der Waals surface area contributed by atoms with E-state index >= 15 is 0 Å². The Morgan fingerprint density at radius 1 is 1.33 bits per heavy atom. The van der Waals surface area contributed by atoms with Gasteiger partial charge in [-0.05, 0) is 18.2 Å². The minimum Gasteiger partial charge on any atom is -0.314 e. The van der Waals surface area contributed by atoms with E-state index < -0.39 is 0 Å². The molecule has 0 aliphatic carbocycles. The average Bonchev–Trinajstić information content (AvgIpc) is 2.40. The lowest BCUT2D eigenvalue weighted by molar-refractivity contribution is 0.241. The zero-order valence-corrected chi connectivity index (χ0v) is 11.1. The van der Waals surface area contributed by atoms with Gasteiger partial charge in [0.25, 0.3) is 0 Å². The smallest absolute Gasteiger partial charge is 0.127 e. The van der Waals surface area contributed by atoms with Crippen LogP contribution in [0.3, 0.4) is 0 Å². The molecule has 1 fully saturated rings. The van der Waals surface area contributed by atoms with Crippen molar-refractivity contribution in [2.24, 2.45) is 0 Å². The van der Waals surface area contributed by atoms with E-state index in [0.717, 1.165) is 39.3 Å². The molecule has 1 saturated heterocycles. The zero-order chi connectivity index (χ0) is 12.8. The molecule has 0 bridgehead atoms. The van der Waals surface area contributed by atoms with Crippen molar-refractivity contribution < 1.29 is 4.39 Å². The van der Waals surface area contributed by atoms with Crippen molar-refractivity contribution in [1.29, 1.82) is 0 Å². The summed E-state index contributed by atoms with van der Waals surface area (Å²) in [5.74, 6) is -0.200. The highest BCUT2D eigenvalue weighted by atomic mass is 35.5. The van der Waals surface area contributed by atoms with Gasteiger partial charge in [-0.1, -0.05) is 11.6 Å². The third kappa shape index (κ3) is 4.21. The first-order chi connectivity index (χ1) is 8.75. The maximum absolute atomic E-state index is 13.4. The summed E-state index contributed by atoms with van der Waals surface area (Å²) in [5.41, 5.74) is 0.628. The van der Waals surface area contributed by atoms with Gasteiger partial charge in [0.05, 0.1) is 0 Å². The first kappa shape index (κ1) is 13.7. The standard InChI is InChI=1S/C13H19ClFN3/c14-12-1-2-13(15)11(9-12)10-17-5-8-18-6-3-16-4-7-18/h1-2,9,16-17H,3-8,10H2. The third-order valence-corrected chi connectivity index (χ3v) is 3.37. The van der Waals surface area contributed by atoms with Gasteiger partial charge in [0.15, 0.2) is 0 Å². The monoisotopic (exact) mass is 271 g/mol. The Hall–Kier alpha value is -0.680. The van der Waals surface area contributed by atoms with Crippen molar-refractivity contribution in [2.75, 3.05) is 39.3 Å². The van der Waals surface area contributed by atoms with Gasteiger partial charge in [-0.2, -0.15) is 0 Å². The second-order valence-corrected chi connectivity index (χ2v) is 4.94. The lowest BCUT2D eigenvalue weighted by Crippen LogP contribution is -2.45. The van der Waals surface area contributed by atoms with E-state index in [4.69, 9.17) is 11.6 Å². The van der Waals surface area contributed by atoms with E-state index in [9.17, 15) is 4.39 Å². The third-order valence-electron chi connectivity index (χ3n) is 3.14. The zero-order valence-electron chi connectivity index (χ0n) is 10.4. The van der Waals surface area contributed by atoms with Crippen LogP contribution in [0.1, 0.15) is 5.56 Å². The molecule has 0 radical (unpaired) electrons. The minimum atomic E-state index is -0.200. The predicted octanol–water partition coefficient (Wildman–Crippen LogP) is 1.47. The summed E-state index contributed by atoms with van der Waals surface area (Å²) in [5, 5.41) is 7.15. The van der Waals surface area contributed by atoms with Crippen LogP contribution in [0.15, 0.2) is 18.2 Å². The van der Waals surface area contributed by atoms with E-state index in [1.54, 1.807) is 12.1 Å². The second kappa shape index (κ2) is 7.04. The van der Waals surface area contributed by atoms with Crippen LogP contribution in [0, 0.1) is 5.82 Å². The molecule has 1 aliphatic rings. The first-order valence-electron chi connectivity index (χ1n) is 6.33. The maximum atomic E-state index is 13.4. The van der Waals surface area contributed by atoms with Gasteiger partial charge < -0.3 is 10.6 Å². The van der Waals surface area contributed by atoms with Crippen LogP contribution in [-0.2, 0) is 6.54 Å². The van der Waals surface area contributed by atoms with Gasteiger partial charge in [-0.3, -0.25) is 4.90 Å². The number of hydrogen-bond acceptors (Lipinski definition) is 3. The van der Waals surface area contributed by atoms with Crippen LogP contribution in [0.4, 0.5) is 4.39 Å². The van der Waals surface area contributed by atoms with Gasteiger partial charge in [0, 0.05) is 56.4 Å². The summed E-state index contributed by atoms with van der Waals surface area (Å²) in [6.07, 6.45) is 0. The van der Waals surface area contributed by atoms with Crippen molar-refractivity contribution >= 4 is 11.6 Å². The topological polar surface area (TPSA) is 27.3 Å². The first-order valence-corrected chi connectivity index (χ1v) is 6.71. The molecule has 1 aromatic rings. The van der Waals surface area contributed by atoms with E-state index in [-0.39, 0.29) is 5.82 Å². The van der Waals surface area contributed by atoms with Crippen molar-refractivity contribution in [3.8, 4) is 0 Å². The Morgan fingerprint density at radius 3 is 2.89 bits per heavy atom. The molecule has 2 rings (SSSR count). The molecule has 0 atom stereocenters. The molecule has 1 aromatic carbocycles. The Morgan fingerprint density at radius 2 is 2.11 bits per heavy atom. The van der Waals surface area contributed by atoms with Crippen molar-refractivity contribution in [2.45, 2.75) is 6.54 Å². The van der Waals surface area contributed by atoms with Crippen molar-refractivity contribution in [3.63, 3.8) is 0 Å². The summed E-state index contributed by atoms with van der Waals surface area (Å²) in [6.45, 7) is 6.69. The summed E-state index contributed by atoms with van der Waals surface area (Å²) in [6, 6.07) is 4.66. The van der Waals surface area contributed by atoms with Gasteiger partial charge in [-0.25, -0.2) is 4.39 Å². The molecule has 1 heterocycles. The normalized spacial score (nSPS) is 17.0. The van der Waals surface area contributed by atoms with Crippen molar-refractivity contribution in [3.05, 3.63) is 34.6 Å². The Labute approximate surface area is 112 Å². The van der Waals surface area contributed by atoms with E-state index in [2.05, 4.69) is 15.5 Å². The maximum Gasteiger partial charge on any atom is 0.127 e. The molecule has 0 spiro atoms. The molecular weight excluding hydrogens is 253 g/mol. The number of rotatable bonds is 5. The largest absolute Gasteiger partial charge is 0.314 e. The number of halogens is 2. The van der Waals surface area contributed by atoms with Gasteiger partial charge in [0.2, 0.25) is 0 Å². The lowest BCUT2D eigenvalue weighted by Gasteiger charge is -2.27. The summed E-state index contributed by atoms with van der Waals surface area (Å²) in [7, 11) is 0. The van der Waals surface area contributed by atoms with Crippen LogP contribution < -0.4 is 10.6 Å². The highest BCUT2D eigenvalue weighted by Crippen LogP contribution is 2.14. The van der Waals surface area contributed by atoms with Crippen LogP contribution in [0.5, 0.6) is 0 Å². The number of nitrogens with one attached hydrogen (secondary N) is 2. The van der Waals surface area contributed by atoms with Crippen LogP contribution in [0.2, 0.25) is 5.02 Å². The van der Waals surface area contributed by atoms with E-state index in [1.165, 1.54) is 6.07 Å². The molecule has 0 amide bonds. The Balaban J connectivity index is 1.69. The highest BCUT2D eigenvalue weighted by molar-refractivity contribution is 6.30. The molecule has 0 saturated carbocycles. The fraction of sp³-hybridized carbons (Fsp3) is 0.538. The summed E-state index contributed by atoms with van der Waals surface area (Å²) in [4.78, 5) is 2.40. The number of nitrogens with zero attached hydrogens (tertiary/aromatic N) is 1. The fourth-order valence-electron chi connectivity index (χ4n) is 2.07. The second-order valence-electron chi connectivity index (χ2n) is 4.50. The highest BCUT2D eigenvalue weighted by Gasteiger charge is 2.08. The molecule has 0 aromatic heterocycles. The molecular formula is C13H19ClFN3. The quantitative estimate of drug-likeness (QED) is 0.795. The Bertz CT molecular complexity index is 380. The summed E-state index contributed by atoms with van der Waals surface area (Å²) < 4.78 is 13.4. The molecule has 0 unspecified atom stereocenters. The predicted molar refractivity (Wildman–Crippen MR) is 72.4 cm³/mol. The SMILES string of the molecule is Fc1ccc(Cl)cc1CNCCN1CCNCC1. The molecule has 1 aliphatic heterocycles. The van der Waals surface area contributed by atoms with E-state index in [1.807, 2.05) is 0 Å². The lowest BCUT2D eigenvalue weighted by atomic mass is 10.2. The van der Waals surface area contributed by atoms with Gasteiger partial charge in [0.1, 0.15) is 5.82 Å². The molecule has 2 N–H and O–H groups in total. The molecule has 100 valence electrons. The van der Waals surface area contributed by atoms with Gasteiger partial charge >= 0.3 is 0 Å². The summed E-state index contributed by atoms with van der Waals surface area (Å²) >= 11 is 5.84.